The highest BCUT2D eigenvalue weighted by atomic mass is 31.1. The van der Waals surface area contributed by atoms with E-state index in [4.69, 9.17) is 0 Å². The molecule has 1 fully saturated rings. The van der Waals surface area contributed by atoms with Gasteiger partial charge in [-0.3, -0.25) is 29.1 Å². The molecule has 1 aromatic carbocycles. The number of nitrogens with one attached hydrogen (secondary N) is 1. The molecule has 1 aliphatic heterocycles. The van der Waals surface area contributed by atoms with E-state index in [1.54, 1.807) is 41.2 Å². The van der Waals surface area contributed by atoms with E-state index >= 15 is 4.39 Å². The van der Waals surface area contributed by atoms with Crippen LogP contribution < -0.4 is 10.2 Å². The molecule has 13 heteroatoms. The van der Waals surface area contributed by atoms with Gasteiger partial charge in [0.05, 0.1) is 54.1 Å². The number of halogens is 1. The standard InChI is InChI=1S/C27H29FN8O2P2/c1-14-4-5-18(27(39)40)23(24(14)28)20-9-29-10-21(34-20)25(37)33-17-8-32-36(13-17)16(3)19-11-31-22(12-30-19)35-7-6-15(2)26(35)38/h4-5,8-13,15-16,27H,6-7,39-40H2,1-3H3,(H,33,37)/t15-,16?/m1/s1. The molecule has 4 heterocycles. The summed E-state index contributed by atoms with van der Waals surface area (Å²) in [5.41, 5.74) is 2.93. The number of hydrogen-bond donors (Lipinski definition) is 1. The molecule has 10 nitrogen and oxygen atoms in total. The predicted octanol–water partition coefficient (Wildman–Crippen LogP) is 4.56. The largest absolute Gasteiger partial charge is 0.318 e. The molecule has 0 saturated carbocycles. The maximum Gasteiger partial charge on any atom is 0.275 e. The highest BCUT2D eigenvalue weighted by molar-refractivity contribution is 7.37. The molecule has 4 atom stereocenters. The Morgan fingerprint density at radius 2 is 1.95 bits per heavy atom. The lowest BCUT2D eigenvalue weighted by Crippen LogP contribution is -2.27. The van der Waals surface area contributed by atoms with Gasteiger partial charge in [-0.15, -0.1) is 18.5 Å². The van der Waals surface area contributed by atoms with Crippen LogP contribution in [0.2, 0.25) is 0 Å². The fourth-order valence-electron chi connectivity index (χ4n) is 4.51. The number of nitrogens with zero attached hydrogens (tertiary/aromatic N) is 7. The van der Waals surface area contributed by atoms with E-state index < -0.39 is 11.7 Å². The third kappa shape index (κ3) is 5.49. The molecule has 3 unspecified atom stereocenters. The van der Waals surface area contributed by atoms with Crippen molar-refractivity contribution < 1.29 is 14.0 Å². The van der Waals surface area contributed by atoms with E-state index in [-0.39, 0.29) is 34.7 Å². The quantitative estimate of drug-likeness (QED) is 0.320. The van der Waals surface area contributed by atoms with E-state index in [2.05, 4.69) is 48.8 Å². The number of rotatable bonds is 7. The summed E-state index contributed by atoms with van der Waals surface area (Å²) in [6.07, 6.45) is 10.00. The number of amides is 2. The second-order valence-electron chi connectivity index (χ2n) is 9.79. The normalized spacial score (nSPS) is 16.0. The molecular formula is C27H29FN8O2P2. The maximum atomic E-state index is 15.1. The summed E-state index contributed by atoms with van der Waals surface area (Å²) in [4.78, 5) is 44.5. The van der Waals surface area contributed by atoms with Gasteiger partial charge in [-0.05, 0) is 31.4 Å². The van der Waals surface area contributed by atoms with Crippen LogP contribution >= 0.6 is 18.5 Å². The SMILES string of the molecule is Cc1ccc(C(P)P)c(-c2cncc(C(=O)Nc3cnn(C(C)c4cnc(N5CC[C@@H](C)C5=O)cn4)c3)n2)c1F. The van der Waals surface area contributed by atoms with Gasteiger partial charge in [-0.25, -0.2) is 14.4 Å². The van der Waals surface area contributed by atoms with Gasteiger partial charge in [0, 0.05) is 29.6 Å². The fraction of sp³-hybridized carbons (Fsp3) is 0.296. The lowest BCUT2D eigenvalue weighted by molar-refractivity contribution is -0.119. The van der Waals surface area contributed by atoms with Crippen molar-refractivity contribution in [2.75, 3.05) is 16.8 Å². The number of aryl methyl sites for hydroxylation is 1. The molecule has 0 bridgehead atoms. The Labute approximate surface area is 235 Å². The smallest absolute Gasteiger partial charge is 0.275 e. The van der Waals surface area contributed by atoms with Gasteiger partial charge in [0.2, 0.25) is 5.91 Å². The molecule has 4 aromatic rings. The van der Waals surface area contributed by atoms with Crippen LogP contribution in [0.4, 0.5) is 15.9 Å². The minimum absolute atomic E-state index is 0.00836. The number of hydrogen-bond acceptors (Lipinski definition) is 7. The van der Waals surface area contributed by atoms with Gasteiger partial charge in [0.25, 0.3) is 5.91 Å². The van der Waals surface area contributed by atoms with Gasteiger partial charge in [-0.1, -0.05) is 19.1 Å². The van der Waals surface area contributed by atoms with Crippen LogP contribution in [-0.4, -0.2) is 48.1 Å². The second-order valence-corrected chi connectivity index (χ2v) is 12.0. The Balaban J connectivity index is 1.31. The van der Waals surface area contributed by atoms with Gasteiger partial charge < -0.3 is 5.32 Å². The first-order valence-corrected chi connectivity index (χ1v) is 14.1. The zero-order valence-electron chi connectivity index (χ0n) is 22.2. The average molecular weight is 579 g/mol. The highest BCUT2D eigenvalue weighted by Crippen LogP contribution is 2.38. The summed E-state index contributed by atoms with van der Waals surface area (Å²) in [6.45, 7) is 6.13. The van der Waals surface area contributed by atoms with Crippen molar-refractivity contribution in [3.05, 3.63) is 77.6 Å². The molecule has 40 heavy (non-hydrogen) atoms. The van der Waals surface area contributed by atoms with Crippen LogP contribution in [-0.2, 0) is 4.79 Å². The summed E-state index contributed by atoms with van der Waals surface area (Å²) in [5.74, 6) is -0.317. The lowest BCUT2D eigenvalue weighted by atomic mass is 10.0. The third-order valence-corrected chi connectivity index (χ3v) is 7.66. The minimum Gasteiger partial charge on any atom is -0.318 e. The first-order chi connectivity index (χ1) is 19.1. The van der Waals surface area contributed by atoms with E-state index in [1.165, 1.54) is 18.6 Å². The highest BCUT2D eigenvalue weighted by Gasteiger charge is 2.30. The van der Waals surface area contributed by atoms with Crippen molar-refractivity contribution >= 4 is 41.8 Å². The van der Waals surface area contributed by atoms with E-state index in [9.17, 15) is 9.59 Å². The van der Waals surface area contributed by atoms with Gasteiger partial charge in [0.1, 0.15) is 11.5 Å². The van der Waals surface area contributed by atoms with Gasteiger partial charge >= 0.3 is 0 Å². The van der Waals surface area contributed by atoms with Gasteiger partial charge in [-0.2, -0.15) is 5.10 Å². The monoisotopic (exact) mass is 578 g/mol. The zero-order chi connectivity index (χ0) is 28.6. The maximum absolute atomic E-state index is 15.1. The first-order valence-electron chi connectivity index (χ1n) is 12.8. The van der Waals surface area contributed by atoms with Crippen LogP contribution in [0.5, 0.6) is 0 Å². The minimum atomic E-state index is -0.502. The van der Waals surface area contributed by atoms with Crippen molar-refractivity contribution in [1.82, 2.24) is 29.7 Å². The summed E-state index contributed by atoms with van der Waals surface area (Å²) >= 11 is 0. The van der Waals surface area contributed by atoms with Crippen LogP contribution in [0.3, 0.4) is 0 Å². The molecule has 1 aliphatic rings. The summed E-state index contributed by atoms with van der Waals surface area (Å²) in [5, 5.41) is 7.03. The first kappa shape index (κ1) is 27.9. The Hall–Kier alpha value is -3.68. The molecule has 3 aromatic heterocycles. The Bertz CT molecular complexity index is 1580. The summed E-state index contributed by atoms with van der Waals surface area (Å²) in [7, 11) is 5.24. The number of anilines is 2. The predicted molar refractivity (Wildman–Crippen MR) is 156 cm³/mol. The molecule has 0 spiro atoms. The summed E-state index contributed by atoms with van der Waals surface area (Å²) < 4.78 is 16.8. The Kier molecular flexibility index (Phi) is 7.97. The molecule has 206 valence electrons. The third-order valence-electron chi connectivity index (χ3n) is 6.94. The fourth-order valence-corrected chi connectivity index (χ4v) is 5.07. The lowest BCUT2D eigenvalue weighted by Gasteiger charge is -2.16. The van der Waals surface area contributed by atoms with Crippen LogP contribution in [0.1, 0.15) is 59.0 Å². The topological polar surface area (TPSA) is 119 Å². The zero-order valence-corrected chi connectivity index (χ0v) is 24.6. The molecule has 1 saturated heterocycles. The van der Waals surface area contributed by atoms with E-state index in [0.29, 0.717) is 34.9 Å². The van der Waals surface area contributed by atoms with Gasteiger partial charge in [0.15, 0.2) is 5.82 Å². The van der Waals surface area contributed by atoms with E-state index in [1.807, 2.05) is 19.9 Å². The number of carbonyl (C=O) groups excluding carboxylic acids is 2. The van der Waals surface area contributed by atoms with Crippen molar-refractivity contribution in [1.29, 1.82) is 0 Å². The van der Waals surface area contributed by atoms with E-state index in [0.717, 1.165) is 12.0 Å². The van der Waals surface area contributed by atoms with Crippen LogP contribution in [0.25, 0.3) is 11.3 Å². The van der Waals surface area contributed by atoms with Crippen LogP contribution in [0, 0.1) is 18.7 Å². The molecule has 2 amide bonds. The Morgan fingerprint density at radius 1 is 1.15 bits per heavy atom. The number of aromatic nitrogens is 6. The van der Waals surface area contributed by atoms with Crippen molar-refractivity contribution in [2.24, 2.45) is 5.92 Å². The molecule has 0 aliphatic carbocycles. The molecule has 5 rings (SSSR count). The summed E-state index contributed by atoms with van der Waals surface area (Å²) in [6, 6.07) is 3.28. The number of carbonyl (C=O) groups is 2. The Morgan fingerprint density at radius 3 is 2.62 bits per heavy atom. The van der Waals surface area contributed by atoms with Crippen molar-refractivity contribution in [3.63, 3.8) is 0 Å². The van der Waals surface area contributed by atoms with Crippen molar-refractivity contribution in [2.45, 2.75) is 38.6 Å². The van der Waals surface area contributed by atoms with Crippen LogP contribution in [0.15, 0.2) is 49.3 Å². The number of benzene rings is 1. The molecule has 1 N–H and O–H groups in total. The average Bonchev–Trinajstić information content (AvgIpc) is 3.55. The van der Waals surface area contributed by atoms with Crippen molar-refractivity contribution in [3.8, 4) is 11.3 Å². The molecular weight excluding hydrogens is 549 g/mol. The second kappa shape index (κ2) is 11.4. The molecule has 0 radical (unpaired) electrons.